The molecule has 0 aliphatic carbocycles. The second kappa shape index (κ2) is 5.54. The number of anilines is 1. The molecule has 0 unspecified atom stereocenters. The Morgan fingerprint density at radius 3 is 2.80 bits per heavy atom. The summed E-state index contributed by atoms with van der Waals surface area (Å²) in [6.07, 6.45) is 5.43. The van der Waals surface area contributed by atoms with E-state index in [-0.39, 0.29) is 5.54 Å². The van der Waals surface area contributed by atoms with Crippen LogP contribution in [-0.2, 0) is 12.1 Å². The van der Waals surface area contributed by atoms with Crippen molar-refractivity contribution in [1.29, 1.82) is 0 Å². The third-order valence-corrected chi connectivity index (χ3v) is 4.25. The molecule has 0 aliphatic heterocycles. The van der Waals surface area contributed by atoms with Gasteiger partial charge in [-0.05, 0) is 39.8 Å². The van der Waals surface area contributed by atoms with Gasteiger partial charge >= 0.3 is 0 Å². The highest BCUT2D eigenvalue weighted by Crippen LogP contribution is 2.24. The van der Waals surface area contributed by atoms with Gasteiger partial charge in [0.15, 0.2) is 5.65 Å². The summed E-state index contributed by atoms with van der Waals surface area (Å²) in [5, 5.41) is 8.84. The van der Waals surface area contributed by atoms with Crippen LogP contribution in [0, 0.1) is 6.92 Å². The maximum Gasteiger partial charge on any atom is 0.163 e. The van der Waals surface area contributed by atoms with Gasteiger partial charge in [0.05, 0.1) is 35.1 Å². The lowest BCUT2D eigenvalue weighted by molar-refractivity contribution is 0.366. The lowest BCUT2D eigenvalue weighted by Crippen LogP contribution is -2.23. The third kappa shape index (κ3) is 2.61. The monoisotopic (exact) mass is 335 g/mol. The summed E-state index contributed by atoms with van der Waals surface area (Å²) in [6.45, 7) is 8.98. The molecule has 4 rings (SSSR count). The Kier molecular flexibility index (Phi) is 3.45. The van der Waals surface area contributed by atoms with Crippen LogP contribution in [0.4, 0.5) is 5.82 Å². The molecule has 1 N–H and O–H groups in total. The van der Waals surface area contributed by atoms with Crippen LogP contribution in [0.1, 0.15) is 32.2 Å². The zero-order chi connectivity index (χ0) is 17.6. The maximum absolute atomic E-state index is 4.60. The molecule has 0 fully saturated rings. The van der Waals surface area contributed by atoms with E-state index in [1.54, 1.807) is 6.33 Å². The standard InChI is InChI=1S/C18H21N7/c1-12-14(24-8-6-5-7-15(24)23-12)10-19-16-13-9-22-25(18(2,3)4)17(13)21-11-20-16/h5-9,11H,10H2,1-4H3,(H,19,20,21). The Morgan fingerprint density at radius 1 is 1.16 bits per heavy atom. The Morgan fingerprint density at radius 2 is 2.00 bits per heavy atom. The van der Waals surface area contributed by atoms with Crippen LogP contribution in [0.15, 0.2) is 36.9 Å². The molecule has 0 radical (unpaired) electrons. The van der Waals surface area contributed by atoms with Crippen molar-refractivity contribution in [2.24, 2.45) is 0 Å². The quantitative estimate of drug-likeness (QED) is 0.622. The molecular formula is C18H21N7. The Bertz CT molecular complexity index is 1050. The van der Waals surface area contributed by atoms with Crippen LogP contribution < -0.4 is 5.32 Å². The number of aryl methyl sites for hydroxylation is 1. The topological polar surface area (TPSA) is 72.9 Å². The van der Waals surface area contributed by atoms with Crippen LogP contribution in [0.5, 0.6) is 0 Å². The van der Waals surface area contributed by atoms with Gasteiger partial charge in [-0.3, -0.25) is 0 Å². The van der Waals surface area contributed by atoms with E-state index in [9.17, 15) is 0 Å². The summed E-state index contributed by atoms with van der Waals surface area (Å²) >= 11 is 0. The summed E-state index contributed by atoms with van der Waals surface area (Å²) in [5.74, 6) is 0.783. The average molecular weight is 335 g/mol. The first-order valence-corrected chi connectivity index (χ1v) is 8.31. The fourth-order valence-corrected chi connectivity index (χ4v) is 3.02. The molecule has 0 bridgehead atoms. The Balaban J connectivity index is 1.69. The van der Waals surface area contributed by atoms with Crippen molar-refractivity contribution in [2.75, 3.05) is 5.32 Å². The number of imidazole rings is 1. The highest BCUT2D eigenvalue weighted by atomic mass is 15.3. The van der Waals surface area contributed by atoms with Crippen molar-refractivity contribution in [3.8, 4) is 0 Å². The van der Waals surface area contributed by atoms with Gasteiger partial charge in [-0.2, -0.15) is 5.10 Å². The molecule has 25 heavy (non-hydrogen) atoms. The SMILES string of the molecule is Cc1nc2ccccn2c1CNc1ncnc2c1cnn2C(C)(C)C. The molecule has 4 aromatic rings. The van der Waals surface area contributed by atoms with E-state index < -0.39 is 0 Å². The molecule has 7 nitrogen and oxygen atoms in total. The first kappa shape index (κ1) is 15.6. The smallest absolute Gasteiger partial charge is 0.163 e. The number of fused-ring (bicyclic) bond motifs is 2. The lowest BCUT2D eigenvalue weighted by atomic mass is 10.1. The van der Waals surface area contributed by atoms with Gasteiger partial charge in [0, 0.05) is 6.20 Å². The Labute approximate surface area is 145 Å². The summed E-state index contributed by atoms with van der Waals surface area (Å²) in [4.78, 5) is 13.4. The molecule has 7 heteroatoms. The van der Waals surface area contributed by atoms with E-state index in [0.29, 0.717) is 6.54 Å². The highest BCUT2D eigenvalue weighted by Gasteiger charge is 2.19. The summed E-state index contributed by atoms with van der Waals surface area (Å²) in [7, 11) is 0. The molecule has 4 aromatic heterocycles. The van der Waals surface area contributed by atoms with Gasteiger partial charge in [0.2, 0.25) is 0 Å². The molecule has 128 valence electrons. The minimum Gasteiger partial charge on any atom is -0.364 e. The second-order valence-corrected chi connectivity index (χ2v) is 7.11. The molecule has 0 amide bonds. The van der Waals surface area contributed by atoms with Crippen LogP contribution >= 0.6 is 0 Å². The highest BCUT2D eigenvalue weighted by molar-refractivity contribution is 5.86. The van der Waals surface area contributed by atoms with Crippen molar-refractivity contribution in [3.63, 3.8) is 0 Å². The zero-order valence-corrected chi connectivity index (χ0v) is 14.9. The van der Waals surface area contributed by atoms with Crippen molar-refractivity contribution < 1.29 is 0 Å². The van der Waals surface area contributed by atoms with Crippen LogP contribution in [0.2, 0.25) is 0 Å². The molecule has 0 aliphatic rings. The number of pyridine rings is 1. The minimum absolute atomic E-state index is 0.133. The second-order valence-electron chi connectivity index (χ2n) is 7.11. The normalized spacial score (nSPS) is 12.2. The maximum atomic E-state index is 4.60. The molecule has 0 saturated heterocycles. The zero-order valence-electron chi connectivity index (χ0n) is 14.9. The predicted octanol–water partition coefficient (Wildman–Crippen LogP) is 3.15. The van der Waals surface area contributed by atoms with Gasteiger partial charge in [-0.15, -0.1) is 0 Å². The molecule has 0 aromatic carbocycles. The van der Waals surface area contributed by atoms with Crippen molar-refractivity contribution in [2.45, 2.75) is 39.8 Å². The molecule has 0 atom stereocenters. The first-order chi connectivity index (χ1) is 11.9. The van der Waals surface area contributed by atoms with E-state index >= 15 is 0 Å². The Hall–Kier alpha value is -2.96. The number of aromatic nitrogens is 6. The number of nitrogens with one attached hydrogen (secondary N) is 1. The number of hydrogen-bond donors (Lipinski definition) is 1. The van der Waals surface area contributed by atoms with Crippen molar-refractivity contribution in [1.82, 2.24) is 29.1 Å². The van der Waals surface area contributed by atoms with Crippen molar-refractivity contribution in [3.05, 3.63) is 48.3 Å². The van der Waals surface area contributed by atoms with Crippen molar-refractivity contribution >= 4 is 22.5 Å². The van der Waals surface area contributed by atoms with Crippen LogP contribution in [0.3, 0.4) is 0 Å². The largest absolute Gasteiger partial charge is 0.364 e. The first-order valence-electron chi connectivity index (χ1n) is 8.31. The van der Waals surface area contributed by atoms with Crippen LogP contribution in [0.25, 0.3) is 16.7 Å². The summed E-state index contributed by atoms with van der Waals surface area (Å²) in [5.41, 5.74) is 3.77. The number of hydrogen-bond acceptors (Lipinski definition) is 5. The number of rotatable bonds is 3. The number of nitrogens with zero attached hydrogens (tertiary/aromatic N) is 6. The average Bonchev–Trinajstić information content (AvgIpc) is 3.13. The van der Waals surface area contributed by atoms with Crippen LogP contribution in [-0.4, -0.2) is 29.1 Å². The molecular weight excluding hydrogens is 314 g/mol. The van der Waals surface area contributed by atoms with E-state index in [0.717, 1.165) is 33.9 Å². The summed E-state index contributed by atoms with van der Waals surface area (Å²) < 4.78 is 4.02. The van der Waals surface area contributed by atoms with E-state index in [2.05, 4.69) is 50.5 Å². The third-order valence-electron chi connectivity index (χ3n) is 4.25. The van der Waals surface area contributed by atoms with Gasteiger partial charge in [0.25, 0.3) is 0 Å². The van der Waals surface area contributed by atoms with E-state index in [1.807, 2.05) is 42.2 Å². The molecule has 4 heterocycles. The van der Waals surface area contributed by atoms with E-state index in [1.165, 1.54) is 0 Å². The van der Waals surface area contributed by atoms with Gasteiger partial charge in [0.1, 0.15) is 17.8 Å². The van der Waals surface area contributed by atoms with Gasteiger partial charge in [-0.25, -0.2) is 19.6 Å². The van der Waals surface area contributed by atoms with Gasteiger partial charge in [-0.1, -0.05) is 6.07 Å². The fraction of sp³-hybridized carbons (Fsp3) is 0.333. The fourth-order valence-electron chi connectivity index (χ4n) is 3.02. The lowest BCUT2D eigenvalue weighted by Gasteiger charge is -2.19. The molecule has 0 saturated carbocycles. The predicted molar refractivity (Wildman–Crippen MR) is 97.6 cm³/mol. The minimum atomic E-state index is -0.133. The summed E-state index contributed by atoms with van der Waals surface area (Å²) in [6, 6.07) is 6.01. The molecule has 0 spiro atoms. The van der Waals surface area contributed by atoms with Gasteiger partial charge < -0.3 is 9.72 Å². The van der Waals surface area contributed by atoms with E-state index in [4.69, 9.17) is 0 Å².